The van der Waals surface area contributed by atoms with Crippen molar-refractivity contribution in [3.8, 4) is 0 Å². The second kappa shape index (κ2) is 6.50. The van der Waals surface area contributed by atoms with Crippen LogP contribution in [0.3, 0.4) is 0 Å². The molecule has 0 aliphatic carbocycles. The Morgan fingerprint density at radius 2 is 2.28 bits per heavy atom. The maximum atomic E-state index is 11.7. The first-order valence-electron chi connectivity index (χ1n) is 6.58. The second-order valence-electron chi connectivity index (χ2n) is 4.80. The van der Waals surface area contributed by atoms with Gasteiger partial charge in [0.1, 0.15) is 0 Å². The highest BCUT2D eigenvalue weighted by molar-refractivity contribution is 5.75. The standard InChI is InChI=1S/C14H20N2O2/c1-12-4-7-16(8-5-12)9-6-14(17)15-11-13-3-2-10-18-13/h4-5,7-8,13H,2-3,6,9-11H2,1H3/p+1. The molecule has 1 N–H and O–H groups in total. The van der Waals surface area contributed by atoms with Gasteiger partial charge in [-0.05, 0) is 25.3 Å². The lowest BCUT2D eigenvalue weighted by Gasteiger charge is -2.09. The Balaban J connectivity index is 1.66. The fraction of sp³-hybridized carbons (Fsp3) is 0.571. The van der Waals surface area contributed by atoms with E-state index in [1.807, 2.05) is 29.1 Å². The van der Waals surface area contributed by atoms with E-state index in [1.54, 1.807) is 0 Å². The molecule has 4 heteroatoms. The molecular weight excluding hydrogens is 228 g/mol. The minimum atomic E-state index is 0.0959. The van der Waals surface area contributed by atoms with Gasteiger partial charge in [0.25, 0.3) is 0 Å². The number of ether oxygens (including phenoxy) is 1. The number of aryl methyl sites for hydroxylation is 2. The SMILES string of the molecule is Cc1cc[n+](CCC(=O)NCC2CCCO2)cc1. The Labute approximate surface area is 108 Å². The van der Waals surface area contributed by atoms with Gasteiger partial charge in [-0.2, -0.15) is 0 Å². The van der Waals surface area contributed by atoms with E-state index >= 15 is 0 Å². The molecule has 0 saturated carbocycles. The summed E-state index contributed by atoms with van der Waals surface area (Å²) in [7, 11) is 0. The maximum Gasteiger partial charge on any atom is 0.226 e. The molecule has 1 amide bonds. The van der Waals surface area contributed by atoms with Crippen molar-refractivity contribution in [3.63, 3.8) is 0 Å². The zero-order valence-electron chi connectivity index (χ0n) is 10.9. The summed E-state index contributed by atoms with van der Waals surface area (Å²) in [5.41, 5.74) is 1.23. The van der Waals surface area contributed by atoms with E-state index < -0.39 is 0 Å². The van der Waals surface area contributed by atoms with Gasteiger partial charge in [0.15, 0.2) is 18.9 Å². The zero-order chi connectivity index (χ0) is 12.8. The minimum absolute atomic E-state index is 0.0959. The van der Waals surface area contributed by atoms with Gasteiger partial charge in [0.05, 0.1) is 12.5 Å². The number of carbonyl (C=O) groups excluding carboxylic acids is 1. The third-order valence-corrected chi connectivity index (χ3v) is 3.21. The van der Waals surface area contributed by atoms with Crippen LogP contribution in [0.2, 0.25) is 0 Å². The molecule has 1 aromatic rings. The fourth-order valence-corrected chi connectivity index (χ4v) is 2.03. The summed E-state index contributed by atoms with van der Waals surface area (Å²) in [6.45, 7) is 4.26. The van der Waals surface area contributed by atoms with Crippen molar-refractivity contribution in [2.45, 2.75) is 38.8 Å². The van der Waals surface area contributed by atoms with Crippen LogP contribution < -0.4 is 9.88 Å². The molecule has 1 saturated heterocycles. The smallest absolute Gasteiger partial charge is 0.226 e. The zero-order valence-corrected chi connectivity index (χ0v) is 10.9. The Morgan fingerprint density at radius 3 is 2.94 bits per heavy atom. The number of aromatic nitrogens is 1. The lowest BCUT2D eigenvalue weighted by Crippen LogP contribution is -2.38. The van der Waals surface area contributed by atoms with Crippen LogP contribution in [0.25, 0.3) is 0 Å². The molecular formula is C14H21N2O2+. The maximum absolute atomic E-state index is 11.7. The molecule has 1 unspecified atom stereocenters. The molecule has 1 atom stereocenters. The first kappa shape index (κ1) is 13.0. The van der Waals surface area contributed by atoms with E-state index in [0.29, 0.717) is 13.0 Å². The van der Waals surface area contributed by atoms with Crippen molar-refractivity contribution in [1.29, 1.82) is 0 Å². The number of carbonyl (C=O) groups is 1. The summed E-state index contributed by atoms with van der Waals surface area (Å²) < 4.78 is 7.49. The third kappa shape index (κ3) is 4.11. The molecule has 18 heavy (non-hydrogen) atoms. The normalized spacial score (nSPS) is 18.8. The van der Waals surface area contributed by atoms with Gasteiger partial charge in [0, 0.05) is 25.3 Å². The summed E-state index contributed by atoms with van der Waals surface area (Å²) in [5, 5.41) is 2.93. The molecule has 1 aliphatic heterocycles. The van der Waals surface area contributed by atoms with Crippen molar-refractivity contribution < 1.29 is 14.1 Å². The summed E-state index contributed by atoms with van der Waals surface area (Å²) in [5.74, 6) is 0.0959. The summed E-state index contributed by atoms with van der Waals surface area (Å²) >= 11 is 0. The van der Waals surface area contributed by atoms with Gasteiger partial charge < -0.3 is 10.1 Å². The number of amides is 1. The van der Waals surface area contributed by atoms with Crippen LogP contribution in [0.4, 0.5) is 0 Å². The van der Waals surface area contributed by atoms with Crippen LogP contribution in [-0.4, -0.2) is 25.2 Å². The van der Waals surface area contributed by atoms with E-state index in [1.165, 1.54) is 5.56 Å². The van der Waals surface area contributed by atoms with Crippen LogP contribution in [0.15, 0.2) is 24.5 Å². The highest BCUT2D eigenvalue weighted by atomic mass is 16.5. The Hall–Kier alpha value is -1.42. The van der Waals surface area contributed by atoms with Crippen molar-refractivity contribution in [2.24, 2.45) is 0 Å². The summed E-state index contributed by atoms with van der Waals surface area (Å²) in [4.78, 5) is 11.7. The molecule has 0 aromatic carbocycles. The fourth-order valence-electron chi connectivity index (χ4n) is 2.03. The number of pyridine rings is 1. The first-order valence-corrected chi connectivity index (χ1v) is 6.58. The van der Waals surface area contributed by atoms with Gasteiger partial charge in [-0.25, -0.2) is 4.57 Å². The molecule has 1 fully saturated rings. The predicted octanol–water partition coefficient (Wildman–Crippen LogP) is 0.968. The number of hydrogen-bond acceptors (Lipinski definition) is 2. The lowest BCUT2D eigenvalue weighted by molar-refractivity contribution is -0.695. The molecule has 98 valence electrons. The van der Waals surface area contributed by atoms with Crippen LogP contribution >= 0.6 is 0 Å². The average molecular weight is 249 g/mol. The van der Waals surface area contributed by atoms with E-state index in [-0.39, 0.29) is 12.0 Å². The van der Waals surface area contributed by atoms with Crippen molar-refractivity contribution >= 4 is 5.91 Å². The second-order valence-corrected chi connectivity index (χ2v) is 4.80. The molecule has 0 bridgehead atoms. The minimum Gasteiger partial charge on any atom is -0.376 e. The number of rotatable bonds is 5. The Bertz CT molecular complexity index is 383. The molecule has 1 aromatic heterocycles. The van der Waals surface area contributed by atoms with Crippen LogP contribution in [0.5, 0.6) is 0 Å². The van der Waals surface area contributed by atoms with Crippen LogP contribution in [0.1, 0.15) is 24.8 Å². The van der Waals surface area contributed by atoms with Crippen LogP contribution in [0, 0.1) is 6.92 Å². The molecule has 0 radical (unpaired) electrons. The lowest BCUT2D eigenvalue weighted by atomic mass is 10.2. The van der Waals surface area contributed by atoms with Crippen molar-refractivity contribution in [1.82, 2.24) is 5.32 Å². The number of hydrogen-bond donors (Lipinski definition) is 1. The molecule has 4 nitrogen and oxygen atoms in total. The summed E-state index contributed by atoms with van der Waals surface area (Å²) in [6.07, 6.45) is 6.92. The quantitative estimate of drug-likeness (QED) is 0.790. The summed E-state index contributed by atoms with van der Waals surface area (Å²) in [6, 6.07) is 4.09. The largest absolute Gasteiger partial charge is 0.376 e. The van der Waals surface area contributed by atoms with E-state index in [0.717, 1.165) is 26.0 Å². The average Bonchev–Trinajstić information content (AvgIpc) is 2.89. The monoisotopic (exact) mass is 249 g/mol. The topological polar surface area (TPSA) is 42.2 Å². The van der Waals surface area contributed by atoms with Gasteiger partial charge >= 0.3 is 0 Å². The molecule has 1 aliphatic rings. The van der Waals surface area contributed by atoms with Gasteiger partial charge in [-0.3, -0.25) is 4.79 Å². The van der Waals surface area contributed by atoms with E-state index in [4.69, 9.17) is 4.74 Å². The first-order chi connectivity index (χ1) is 8.74. The highest BCUT2D eigenvalue weighted by Crippen LogP contribution is 2.10. The van der Waals surface area contributed by atoms with Gasteiger partial charge in [0.2, 0.25) is 5.91 Å². The molecule has 2 heterocycles. The predicted molar refractivity (Wildman–Crippen MR) is 68.0 cm³/mol. The van der Waals surface area contributed by atoms with Crippen molar-refractivity contribution in [2.75, 3.05) is 13.2 Å². The van der Waals surface area contributed by atoms with E-state index in [2.05, 4.69) is 12.2 Å². The van der Waals surface area contributed by atoms with Gasteiger partial charge in [-0.15, -0.1) is 0 Å². The molecule has 0 spiro atoms. The Kier molecular flexibility index (Phi) is 4.70. The third-order valence-electron chi connectivity index (χ3n) is 3.21. The van der Waals surface area contributed by atoms with Gasteiger partial charge in [-0.1, -0.05) is 0 Å². The molecule has 2 rings (SSSR count). The Morgan fingerprint density at radius 1 is 1.50 bits per heavy atom. The van der Waals surface area contributed by atoms with Crippen LogP contribution in [-0.2, 0) is 16.1 Å². The highest BCUT2D eigenvalue weighted by Gasteiger charge is 2.16. The van der Waals surface area contributed by atoms with E-state index in [9.17, 15) is 4.79 Å². The van der Waals surface area contributed by atoms with Crippen molar-refractivity contribution in [3.05, 3.63) is 30.1 Å². The number of nitrogens with zero attached hydrogens (tertiary/aromatic N) is 1. The number of nitrogens with one attached hydrogen (secondary N) is 1.